The van der Waals surface area contributed by atoms with E-state index in [0.29, 0.717) is 12.2 Å². The first-order valence-corrected chi connectivity index (χ1v) is 8.78. The molecule has 118 valence electrons. The number of ketones is 1. The maximum absolute atomic E-state index is 13.1. The van der Waals surface area contributed by atoms with Gasteiger partial charge in [0, 0.05) is 16.6 Å². The Hall–Kier alpha value is -1.78. The predicted octanol–water partition coefficient (Wildman–Crippen LogP) is 3.27. The molecule has 1 aliphatic heterocycles. The van der Waals surface area contributed by atoms with Gasteiger partial charge in [-0.15, -0.1) is 11.8 Å². The lowest BCUT2D eigenvalue weighted by Gasteiger charge is -2.31. The van der Waals surface area contributed by atoms with Gasteiger partial charge < -0.3 is 9.84 Å². The first kappa shape index (κ1) is 14.8. The fourth-order valence-corrected chi connectivity index (χ4v) is 5.52. The second-order valence-corrected chi connectivity index (χ2v) is 7.34. The minimum Gasteiger partial charge on any atom is -0.497 e. The average Bonchev–Trinajstić information content (AvgIpc) is 3.07. The number of ether oxygens (including phenoxy) is 1. The van der Waals surface area contributed by atoms with E-state index in [-0.39, 0.29) is 11.0 Å². The monoisotopic (exact) mass is 326 g/mol. The number of benzene rings is 2. The number of carbonyl (C=O) groups is 1. The first-order valence-electron chi connectivity index (χ1n) is 7.73. The Labute approximate surface area is 139 Å². The molecule has 1 fully saturated rings. The van der Waals surface area contributed by atoms with E-state index in [2.05, 4.69) is 0 Å². The van der Waals surface area contributed by atoms with E-state index >= 15 is 0 Å². The van der Waals surface area contributed by atoms with Crippen LogP contribution in [0.15, 0.2) is 48.5 Å². The van der Waals surface area contributed by atoms with Crippen LogP contribution < -0.4 is 4.74 Å². The fourth-order valence-electron chi connectivity index (χ4n) is 3.85. The molecule has 0 saturated carbocycles. The largest absolute Gasteiger partial charge is 0.497 e. The van der Waals surface area contributed by atoms with Crippen molar-refractivity contribution in [3.63, 3.8) is 0 Å². The minimum atomic E-state index is -0.733. The molecule has 23 heavy (non-hydrogen) atoms. The second-order valence-electron chi connectivity index (χ2n) is 6.21. The van der Waals surface area contributed by atoms with Crippen LogP contribution >= 0.6 is 11.8 Å². The summed E-state index contributed by atoms with van der Waals surface area (Å²) in [5, 5.41) is 10.7. The second kappa shape index (κ2) is 5.39. The Morgan fingerprint density at radius 3 is 2.61 bits per heavy atom. The smallest absolute Gasteiger partial charge is 0.173 e. The summed E-state index contributed by atoms with van der Waals surface area (Å²) in [6, 6.07) is 15.6. The van der Waals surface area contributed by atoms with Gasteiger partial charge in [0.05, 0.1) is 18.6 Å². The van der Waals surface area contributed by atoms with Gasteiger partial charge in [-0.1, -0.05) is 36.4 Å². The Morgan fingerprint density at radius 1 is 1.17 bits per heavy atom. The number of rotatable bonds is 2. The molecule has 3 nitrogen and oxygen atoms in total. The number of methoxy groups -OCH3 is 1. The van der Waals surface area contributed by atoms with Crippen LogP contribution in [-0.2, 0) is 6.42 Å². The highest BCUT2D eigenvalue weighted by molar-refractivity contribution is 7.99. The van der Waals surface area contributed by atoms with E-state index < -0.39 is 11.5 Å². The third-order valence-electron chi connectivity index (χ3n) is 5.07. The van der Waals surface area contributed by atoms with Crippen LogP contribution in [0, 0.1) is 5.41 Å². The fraction of sp³-hybridized carbons (Fsp3) is 0.316. The van der Waals surface area contributed by atoms with Gasteiger partial charge in [-0.05, 0) is 29.7 Å². The summed E-state index contributed by atoms with van der Waals surface area (Å²) in [4.78, 5) is 13.1. The lowest BCUT2D eigenvalue weighted by molar-refractivity contribution is 0.0435. The van der Waals surface area contributed by atoms with Crippen LogP contribution in [0.3, 0.4) is 0 Å². The third-order valence-corrected chi connectivity index (χ3v) is 6.60. The summed E-state index contributed by atoms with van der Waals surface area (Å²) in [7, 11) is 1.64. The Balaban J connectivity index is 1.78. The number of aliphatic hydroxyl groups is 1. The summed E-state index contributed by atoms with van der Waals surface area (Å²) < 4.78 is 5.22. The minimum absolute atomic E-state index is 0.0247. The topological polar surface area (TPSA) is 46.5 Å². The van der Waals surface area contributed by atoms with Gasteiger partial charge in [0.1, 0.15) is 5.75 Å². The first-order chi connectivity index (χ1) is 11.2. The van der Waals surface area contributed by atoms with Crippen molar-refractivity contribution in [1.29, 1.82) is 0 Å². The lowest BCUT2D eigenvalue weighted by atomic mass is 9.73. The maximum atomic E-state index is 13.1. The molecule has 2 aromatic carbocycles. The van der Waals surface area contributed by atoms with Crippen molar-refractivity contribution < 1.29 is 14.6 Å². The number of hydrogen-bond donors (Lipinski definition) is 1. The van der Waals surface area contributed by atoms with Gasteiger partial charge in [0.25, 0.3) is 0 Å². The Morgan fingerprint density at radius 2 is 1.91 bits per heavy atom. The normalized spacial score (nSPS) is 29.0. The van der Waals surface area contributed by atoms with Crippen molar-refractivity contribution in [2.75, 3.05) is 12.9 Å². The van der Waals surface area contributed by atoms with E-state index in [0.717, 1.165) is 22.4 Å². The molecule has 1 spiro atoms. The molecule has 1 aliphatic carbocycles. The molecule has 2 aliphatic rings. The van der Waals surface area contributed by atoms with E-state index in [9.17, 15) is 9.90 Å². The van der Waals surface area contributed by atoms with Crippen LogP contribution in [0.1, 0.15) is 26.7 Å². The molecule has 0 unspecified atom stereocenters. The van der Waals surface area contributed by atoms with Gasteiger partial charge in [-0.2, -0.15) is 0 Å². The summed E-state index contributed by atoms with van der Waals surface area (Å²) in [5.41, 5.74) is 2.17. The van der Waals surface area contributed by atoms with Crippen LogP contribution in [0.25, 0.3) is 0 Å². The highest BCUT2D eigenvalue weighted by Crippen LogP contribution is 2.59. The summed E-state index contributed by atoms with van der Waals surface area (Å²) >= 11 is 1.68. The highest BCUT2D eigenvalue weighted by atomic mass is 32.2. The van der Waals surface area contributed by atoms with Gasteiger partial charge in [-0.25, -0.2) is 0 Å². The molecule has 4 heteroatoms. The zero-order chi connectivity index (χ0) is 16.0. The van der Waals surface area contributed by atoms with Crippen molar-refractivity contribution in [1.82, 2.24) is 0 Å². The number of thioether (sulfide) groups is 1. The standard InChI is InChI=1S/C19H18O3S/c1-22-14-8-6-12(7-9-14)18-19(16(20)11-23-18)10-13-4-2-3-5-15(13)17(19)21/h2-9,16,18,20H,10-11H2,1H3/t16-,18-,19-/m1/s1. The number of aliphatic hydroxyl groups excluding tert-OH is 1. The molecule has 1 N–H and O–H groups in total. The molecule has 0 radical (unpaired) electrons. The molecule has 3 atom stereocenters. The zero-order valence-corrected chi connectivity index (χ0v) is 13.7. The quantitative estimate of drug-likeness (QED) is 0.920. The Bertz CT molecular complexity index is 755. The van der Waals surface area contributed by atoms with E-state index in [1.54, 1.807) is 18.9 Å². The van der Waals surface area contributed by atoms with Crippen LogP contribution in [-0.4, -0.2) is 29.9 Å². The molecular formula is C19H18O3S. The zero-order valence-electron chi connectivity index (χ0n) is 12.9. The van der Waals surface area contributed by atoms with Crippen molar-refractivity contribution >= 4 is 17.5 Å². The molecule has 0 bridgehead atoms. The highest BCUT2D eigenvalue weighted by Gasteiger charge is 2.59. The molecule has 4 rings (SSSR count). The van der Waals surface area contributed by atoms with Crippen molar-refractivity contribution in [3.8, 4) is 5.75 Å². The van der Waals surface area contributed by atoms with Gasteiger partial charge in [-0.3, -0.25) is 4.79 Å². The molecule has 1 saturated heterocycles. The Kier molecular flexibility index (Phi) is 3.47. The van der Waals surface area contributed by atoms with E-state index in [1.807, 2.05) is 48.5 Å². The lowest BCUT2D eigenvalue weighted by Crippen LogP contribution is -2.41. The average molecular weight is 326 g/mol. The summed E-state index contributed by atoms with van der Waals surface area (Å²) in [6.07, 6.45) is 0.00635. The van der Waals surface area contributed by atoms with Gasteiger partial charge in [0.15, 0.2) is 5.78 Å². The molecule has 1 heterocycles. The van der Waals surface area contributed by atoms with E-state index in [1.165, 1.54) is 0 Å². The van der Waals surface area contributed by atoms with Crippen molar-refractivity contribution in [2.45, 2.75) is 17.8 Å². The maximum Gasteiger partial charge on any atom is 0.173 e. The number of carbonyl (C=O) groups excluding carboxylic acids is 1. The van der Waals surface area contributed by atoms with Crippen LogP contribution in [0.2, 0.25) is 0 Å². The van der Waals surface area contributed by atoms with Gasteiger partial charge in [0.2, 0.25) is 0 Å². The van der Waals surface area contributed by atoms with Crippen molar-refractivity contribution in [3.05, 3.63) is 65.2 Å². The number of Topliss-reactive ketones (excluding diaryl/α,β-unsaturated/α-hetero) is 1. The van der Waals surface area contributed by atoms with Gasteiger partial charge >= 0.3 is 0 Å². The van der Waals surface area contributed by atoms with Crippen LogP contribution in [0.4, 0.5) is 0 Å². The SMILES string of the molecule is COc1ccc([C@H]2SC[C@@H](O)[C@@]23Cc2ccccc2C3=O)cc1. The van der Waals surface area contributed by atoms with E-state index in [4.69, 9.17) is 4.74 Å². The summed E-state index contributed by atoms with van der Waals surface area (Å²) in [6.45, 7) is 0. The third kappa shape index (κ3) is 2.05. The van der Waals surface area contributed by atoms with Crippen molar-refractivity contribution in [2.24, 2.45) is 5.41 Å². The molecule has 2 aromatic rings. The number of hydrogen-bond acceptors (Lipinski definition) is 4. The molecule has 0 aromatic heterocycles. The van der Waals surface area contributed by atoms with Crippen LogP contribution in [0.5, 0.6) is 5.75 Å². The molecular weight excluding hydrogens is 308 g/mol. The number of fused-ring (bicyclic) bond motifs is 1. The predicted molar refractivity (Wildman–Crippen MR) is 91.1 cm³/mol. The molecule has 0 amide bonds. The summed E-state index contributed by atoms with van der Waals surface area (Å²) in [5.74, 6) is 1.48.